The molecule has 1 aliphatic heterocycles. The molecule has 1 aromatic rings. The van der Waals surface area contributed by atoms with Gasteiger partial charge in [0, 0.05) is 24.8 Å². The molecule has 1 aromatic heterocycles. The van der Waals surface area contributed by atoms with Crippen molar-refractivity contribution in [2.24, 2.45) is 0 Å². The molecule has 0 unspecified atom stereocenters. The Balaban J connectivity index is 1.93. The van der Waals surface area contributed by atoms with Crippen LogP contribution in [0.15, 0.2) is 12.3 Å². The molecule has 2 heterocycles. The predicted molar refractivity (Wildman–Crippen MR) is 78.9 cm³/mol. The second-order valence-electron chi connectivity index (χ2n) is 5.29. The van der Waals surface area contributed by atoms with Crippen LogP contribution in [-0.2, 0) is 0 Å². The first-order valence-corrected chi connectivity index (χ1v) is 7.22. The fourth-order valence-corrected chi connectivity index (χ4v) is 2.66. The van der Waals surface area contributed by atoms with E-state index in [2.05, 4.69) is 28.2 Å². The summed E-state index contributed by atoms with van der Waals surface area (Å²) in [5.74, 6) is 0.835. The van der Waals surface area contributed by atoms with E-state index in [1.165, 1.54) is 38.9 Å². The first-order valence-electron chi connectivity index (χ1n) is 7.22. The molecular formula is C15H25N3O. The standard InChI is InChI=1S/C15H25N3O/c1-4-7-18-8-5-13(6-9-18)17-14-10-12(2)16-11-15(14)19-3/h10-11,13H,4-9H2,1-3H3,(H,16,17). The minimum Gasteiger partial charge on any atom is -0.493 e. The zero-order chi connectivity index (χ0) is 13.7. The number of methoxy groups -OCH3 is 1. The zero-order valence-corrected chi connectivity index (χ0v) is 12.3. The molecule has 2 rings (SSSR count). The number of anilines is 1. The third kappa shape index (κ3) is 3.83. The van der Waals surface area contributed by atoms with E-state index >= 15 is 0 Å². The number of hydrogen-bond acceptors (Lipinski definition) is 4. The van der Waals surface area contributed by atoms with Gasteiger partial charge in [-0.3, -0.25) is 4.98 Å². The Labute approximate surface area is 116 Å². The molecule has 0 amide bonds. The number of ether oxygens (including phenoxy) is 1. The number of likely N-dealkylation sites (tertiary alicyclic amines) is 1. The summed E-state index contributed by atoms with van der Waals surface area (Å²) >= 11 is 0. The highest BCUT2D eigenvalue weighted by Crippen LogP contribution is 2.26. The molecule has 0 aromatic carbocycles. The summed E-state index contributed by atoms with van der Waals surface area (Å²) in [5, 5.41) is 3.61. The lowest BCUT2D eigenvalue weighted by Gasteiger charge is -2.32. The highest BCUT2D eigenvalue weighted by molar-refractivity contribution is 5.56. The lowest BCUT2D eigenvalue weighted by Crippen LogP contribution is -2.39. The maximum atomic E-state index is 5.37. The van der Waals surface area contributed by atoms with Gasteiger partial charge in [-0.05, 0) is 38.8 Å². The van der Waals surface area contributed by atoms with Crippen LogP contribution in [0.25, 0.3) is 0 Å². The molecule has 0 saturated carbocycles. The maximum Gasteiger partial charge on any atom is 0.160 e. The van der Waals surface area contributed by atoms with Crippen LogP contribution in [0.2, 0.25) is 0 Å². The second kappa shape index (κ2) is 6.75. The summed E-state index contributed by atoms with van der Waals surface area (Å²) in [7, 11) is 1.70. The van der Waals surface area contributed by atoms with Gasteiger partial charge in [0.15, 0.2) is 5.75 Å². The van der Waals surface area contributed by atoms with E-state index in [-0.39, 0.29) is 0 Å². The van der Waals surface area contributed by atoms with Crippen molar-refractivity contribution in [1.29, 1.82) is 0 Å². The average Bonchev–Trinajstić information content (AvgIpc) is 2.42. The van der Waals surface area contributed by atoms with Gasteiger partial charge in [0.25, 0.3) is 0 Å². The molecule has 0 radical (unpaired) electrons. The summed E-state index contributed by atoms with van der Waals surface area (Å²) in [6.45, 7) is 7.86. The number of pyridine rings is 1. The highest BCUT2D eigenvalue weighted by Gasteiger charge is 2.19. The fraction of sp³-hybridized carbons (Fsp3) is 0.667. The van der Waals surface area contributed by atoms with E-state index in [1.54, 1.807) is 13.3 Å². The van der Waals surface area contributed by atoms with Crippen molar-refractivity contribution in [3.05, 3.63) is 18.0 Å². The van der Waals surface area contributed by atoms with Gasteiger partial charge in [-0.2, -0.15) is 0 Å². The molecule has 1 fully saturated rings. The molecule has 19 heavy (non-hydrogen) atoms. The summed E-state index contributed by atoms with van der Waals surface area (Å²) in [5.41, 5.74) is 2.09. The largest absolute Gasteiger partial charge is 0.493 e. The quantitative estimate of drug-likeness (QED) is 0.886. The summed E-state index contributed by atoms with van der Waals surface area (Å²) in [6, 6.07) is 2.61. The Bertz CT molecular complexity index is 400. The predicted octanol–water partition coefficient (Wildman–Crippen LogP) is 2.68. The van der Waals surface area contributed by atoms with Crippen LogP contribution >= 0.6 is 0 Å². The van der Waals surface area contributed by atoms with Crippen molar-refractivity contribution >= 4 is 5.69 Å². The molecule has 4 nitrogen and oxygen atoms in total. The van der Waals surface area contributed by atoms with E-state index in [9.17, 15) is 0 Å². The smallest absolute Gasteiger partial charge is 0.160 e. The molecule has 1 aliphatic rings. The fourth-order valence-electron chi connectivity index (χ4n) is 2.66. The number of nitrogens with one attached hydrogen (secondary N) is 1. The van der Waals surface area contributed by atoms with Crippen LogP contribution in [0.1, 0.15) is 31.9 Å². The molecule has 106 valence electrons. The summed E-state index contributed by atoms with van der Waals surface area (Å²) < 4.78 is 5.37. The third-order valence-corrected chi connectivity index (χ3v) is 3.71. The van der Waals surface area contributed by atoms with Crippen molar-refractivity contribution in [3.8, 4) is 5.75 Å². The lowest BCUT2D eigenvalue weighted by atomic mass is 10.0. The minimum absolute atomic E-state index is 0.545. The number of aromatic nitrogens is 1. The van der Waals surface area contributed by atoms with Crippen LogP contribution in [-0.4, -0.2) is 42.7 Å². The van der Waals surface area contributed by atoms with Gasteiger partial charge in [0.05, 0.1) is 19.0 Å². The number of rotatable bonds is 5. The van der Waals surface area contributed by atoms with Gasteiger partial charge in [0.2, 0.25) is 0 Å². The molecule has 0 spiro atoms. The van der Waals surface area contributed by atoms with Gasteiger partial charge in [0.1, 0.15) is 0 Å². The molecular weight excluding hydrogens is 238 g/mol. The van der Waals surface area contributed by atoms with Crippen LogP contribution in [0.4, 0.5) is 5.69 Å². The minimum atomic E-state index is 0.545. The van der Waals surface area contributed by atoms with Gasteiger partial charge < -0.3 is 15.0 Å². The Morgan fingerprint density at radius 2 is 2.16 bits per heavy atom. The molecule has 0 aliphatic carbocycles. The Hall–Kier alpha value is -1.29. The number of piperidine rings is 1. The van der Waals surface area contributed by atoms with E-state index < -0.39 is 0 Å². The van der Waals surface area contributed by atoms with Gasteiger partial charge in [-0.15, -0.1) is 0 Å². The van der Waals surface area contributed by atoms with Crippen LogP contribution < -0.4 is 10.1 Å². The maximum absolute atomic E-state index is 5.37. The van der Waals surface area contributed by atoms with Crippen molar-refractivity contribution in [1.82, 2.24) is 9.88 Å². The van der Waals surface area contributed by atoms with Crippen LogP contribution in [0, 0.1) is 6.92 Å². The van der Waals surface area contributed by atoms with E-state index in [0.29, 0.717) is 6.04 Å². The monoisotopic (exact) mass is 263 g/mol. The highest BCUT2D eigenvalue weighted by atomic mass is 16.5. The van der Waals surface area contributed by atoms with E-state index in [4.69, 9.17) is 4.74 Å². The van der Waals surface area contributed by atoms with Crippen LogP contribution in [0.3, 0.4) is 0 Å². The molecule has 1 N–H and O–H groups in total. The Morgan fingerprint density at radius 1 is 1.42 bits per heavy atom. The lowest BCUT2D eigenvalue weighted by molar-refractivity contribution is 0.219. The Morgan fingerprint density at radius 3 is 2.79 bits per heavy atom. The molecule has 0 atom stereocenters. The second-order valence-corrected chi connectivity index (χ2v) is 5.29. The first kappa shape index (κ1) is 14.1. The van der Waals surface area contributed by atoms with Crippen molar-refractivity contribution in [2.45, 2.75) is 39.2 Å². The number of nitrogens with zero attached hydrogens (tertiary/aromatic N) is 2. The van der Waals surface area contributed by atoms with E-state index in [1.807, 2.05) is 6.92 Å². The Kier molecular flexibility index (Phi) is 5.02. The normalized spacial score (nSPS) is 17.4. The average molecular weight is 263 g/mol. The van der Waals surface area contributed by atoms with Crippen molar-refractivity contribution in [3.63, 3.8) is 0 Å². The summed E-state index contributed by atoms with van der Waals surface area (Å²) in [4.78, 5) is 6.82. The van der Waals surface area contributed by atoms with Crippen molar-refractivity contribution < 1.29 is 4.74 Å². The number of hydrogen-bond donors (Lipinski definition) is 1. The SMILES string of the molecule is CCCN1CCC(Nc2cc(C)ncc2OC)CC1. The van der Waals surface area contributed by atoms with Gasteiger partial charge in [-0.1, -0.05) is 6.92 Å². The summed E-state index contributed by atoms with van der Waals surface area (Å²) in [6.07, 6.45) is 5.44. The molecule has 1 saturated heterocycles. The number of aryl methyl sites for hydroxylation is 1. The van der Waals surface area contributed by atoms with Gasteiger partial charge in [-0.25, -0.2) is 0 Å². The zero-order valence-electron chi connectivity index (χ0n) is 12.3. The van der Waals surface area contributed by atoms with Gasteiger partial charge >= 0.3 is 0 Å². The molecule has 4 heteroatoms. The van der Waals surface area contributed by atoms with Crippen LogP contribution in [0.5, 0.6) is 5.75 Å². The van der Waals surface area contributed by atoms with E-state index in [0.717, 1.165) is 17.1 Å². The third-order valence-electron chi connectivity index (χ3n) is 3.71. The topological polar surface area (TPSA) is 37.4 Å². The van der Waals surface area contributed by atoms with Crippen molar-refractivity contribution in [2.75, 3.05) is 32.1 Å². The molecule has 0 bridgehead atoms. The first-order chi connectivity index (χ1) is 9.22.